The van der Waals surface area contributed by atoms with Gasteiger partial charge in [-0.05, 0) is 28.1 Å². The van der Waals surface area contributed by atoms with Crippen molar-refractivity contribution in [2.24, 2.45) is 5.92 Å². The maximum atomic E-state index is 14.2. The molecule has 22 heavy (non-hydrogen) atoms. The summed E-state index contributed by atoms with van der Waals surface area (Å²) in [5.74, 6) is -4.77. The average molecular weight is 398 g/mol. The lowest BCUT2D eigenvalue weighted by molar-refractivity contribution is -0.117. The van der Waals surface area contributed by atoms with Crippen molar-refractivity contribution in [3.05, 3.63) is 28.0 Å². The van der Waals surface area contributed by atoms with Crippen molar-refractivity contribution >= 4 is 43.7 Å². The molecule has 1 aliphatic rings. The maximum absolute atomic E-state index is 14.2. The molecule has 1 unspecified atom stereocenters. The predicted octanol–water partition coefficient (Wildman–Crippen LogP) is 1.94. The van der Waals surface area contributed by atoms with Crippen molar-refractivity contribution in [2.45, 2.75) is 6.42 Å². The van der Waals surface area contributed by atoms with Gasteiger partial charge in [0.25, 0.3) is 0 Å². The highest BCUT2D eigenvalue weighted by Crippen LogP contribution is 2.34. The summed E-state index contributed by atoms with van der Waals surface area (Å²) < 4.78 is 48.2. The van der Waals surface area contributed by atoms with Gasteiger partial charge in [0, 0.05) is 18.9 Å². The number of hydrogen-bond donors (Lipinski definition) is 1. The molecule has 0 radical (unpaired) electrons. The second-order valence-electron chi connectivity index (χ2n) is 4.84. The third kappa shape index (κ3) is 3.43. The van der Waals surface area contributed by atoms with Gasteiger partial charge in [-0.2, -0.15) is 8.42 Å². The van der Waals surface area contributed by atoms with Crippen LogP contribution in [0.4, 0.5) is 14.0 Å². The number of aromatic carboxylic acids is 1. The van der Waals surface area contributed by atoms with Crippen molar-refractivity contribution in [1.29, 1.82) is 0 Å². The Morgan fingerprint density at radius 1 is 1.45 bits per heavy atom. The fraction of sp³-hybridized carbons (Fsp3) is 0.333. The Morgan fingerprint density at radius 3 is 2.64 bits per heavy atom. The minimum atomic E-state index is -4.78. The van der Waals surface area contributed by atoms with Crippen LogP contribution in [0.5, 0.6) is 0 Å². The van der Waals surface area contributed by atoms with Crippen LogP contribution in [0.2, 0.25) is 0 Å². The highest BCUT2D eigenvalue weighted by Gasteiger charge is 2.37. The topological polar surface area (TPSA) is 91.8 Å². The number of anilines is 1. The molecule has 1 atom stereocenters. The lowest BCUT2D eigenvalue weighted by Crippen LogP contribution is -2.28. The zero-order chi connectivity index (χ0) is 16.7. The Labute approximate surface area is 133 Å². The molecule has 1 fully saturated rings. The fourth-order valence-electron chi connectivity index (χ4n) is 2.37. The van der Waals surface area contributed by atoms with Crippen LogP contribution in [0.25, 0.3) is 0 Å². The van der Waals surface area contributed by atoms with E-state index in [9.17, 15) is 26.3 Å². The number of nitrogens with zero attached hydrogens (tertiary/aromatic N) is 1. The summed E-state index contributed by atoms with van der Waals surface area (Å²) in [6.45, 7) is -0.268. The highest BCUT2D eigenvalue weighted by atomic mass is 79.9. The minimum Gasteiger partial charge on any atom is -0.478 e. The molecule has 6 nitrogen and oxygen atoms in total. The van der Waals surface area contributed by atoms with Crippen LogP contribution >= 0.6 is 15.9 Å². The van der Waals surface area contributed by atoms with Crippen molar-refractivity contribution in [3.63, 3.8) is 0 Å². The maximum Gasteiger partial charge on any atom is 0.337 e. The Morgan fingerprint density at radius 2 is 2.09 bits per heavy atom. The molecule has 1 aromatic carbocycles. The number of rotatable bonds is 4. The number of amides is 1. The van der Waals surface area contributed by atoms with Gasteiger partial charge in [-0.3, -0.25) is 4.79 Å². The van der Waals surface area contributed by atoms with E-state index in [0.717, 1.165) is 11.0 Å². The molecule has 120 valence electrons. The summed E-state index contributed by atoms with van der Waals surface area (Å²) in [5.41, 5.74) is -0.886. The largest absolute Gasteiger partial charge is 0.478 e. The molecule has 1 saturated heterocycles. The minimum absolute atomic E-state index is 0.0399. The zero-order valence-electron chi connectivity index (χ0n) is 10.9. The van der Waals surface area contributed by atoms with E-state index in [1.54, 1.807) is 0 Å². The van der Waals surface area contributed by atoms with Crippen molar-refractivity contribution < 1.29 is 31.4 Å². The van der Waals surface area contributed by atoms with Gasteiger partial charge >= 0.3 is 16.2 Å². The van der Waals surface area contributed by atoms with Crippen molar-refractivity contribution in [2.75, 3.05) is 17.2 Å². The van der Waals surface area contributed by atoms with Crippen LogP contribution in [0.3, 0.4) is 0 Å². The number of carboxylic acid groups (broad SMARTS) is 1. The van der Waals surface area contributed by atoms with E-state index in [2.05, 4.69) is 15.9 Å². The first-order valence-corrected chi connectivity index (χ1v) is 8.38. The van der Waals surface area contributed by atoms with Crippen LogP contribution in [0.1, 0.15) is 16.8 Å². The van der Waals surface area contributed by atoms with Crippen LogP contribution in [-0.4, -0.2) is 37.7 Å². The molecule has 1 amide bonds. The Kier molecular flexibility index (Phi) is 4.52. The molecule has 0 aliphatic carbocycles. The number of carboxylic acids is 1. The first-order valence-electron chi connectivity index (χ1n) is 6.04. The van der Waals surface area contributed by atoms with Crippen molar-refractivity contribution in [3.8, 4) is 0 Å². The van der Waals surface area contributed by atoms with E-state index in [1.165, 1.54) is 6.07 Å². The molecular weight excluding hydrogens is 388 g/mol. The molecular formula is C12H10BrF2NO5S. The van der Waals surface area contributed by atoms with Gasteiger partial charge in [0.2, 0.25) is 5.91 Å². The Bertz CT molecular complexity index is 752. The van der Waals surface area contributed by atoms with Gasteiger partial charge < -0.3 is 10.0 Å². The summed E-state index contributed by atoms with van der Waals surface area (Å²) in [4.78, 5) is 24.0. The van der Waals surface area contributed by atoms with Crippen LogP contribution in [-0.2, 0) is 15.0 Å². The standard InChI is InChI=1S/C12H10BrF2NO5S/c13-8-2-1-7(12(18)19)11(10(8)14)16-4-6(3-9(16)17)5-22(15,20)21/h1-2,6H,3-5H2,(H,18,19). The van der Waals surface area contributed by atoms with Gasteiger partial charge in [0.1, 0.15) is 0 Å². The first-order chi connectivity index (χ1) is 10.1. The van der Waals surface area contributed by atoms with E-state index in [0.29, 0.717) is 0 Å². The highest BCUT2D eigenvalue weighted by molar-refractivity contribution is 9.10. The van der Waals surface area contributed by atoms with E-state index in [4.69, 9.17) is 5.11 Å². The monoisotopic (exact) mass is 397 g/mol. The van der Waals surface area contributed by atoms with Crippen LogP contribution < -0.4 is 4.90 Å². The van der Waals surface area contributed by atoms with E-state index < -0.39 is 50.8 Å². The molecule has 1 heterocycles. The quantitative estimate of drug-likeness (QED) is 0.783. The summed E-state index contributed by atoms with van der Waals surface area (Å²) >= 11 is 2.90. The predicted molar refractivity (Wildman–Crippen MR) is 76.4 cm³/mol. The van der Waals surface area contributed by atoms with Crippen molar-refractivity contribution in [1.82, 2.24) is 0 Å². The number of halogens is 3. The number of carbonyl (C=O) groups is 2. The molecule has 1 aromatic rings. The number of hydrogen-bond acceptors (Lipinski definition) is 4. The molecule has 10 heteroatoms. The van der Waals surface area contributed by atoms with Gasteiger partial charge in [-0.1, -0.05) is 0 Å². The van der Waals surface area contributed by atoms with E-state index in [-0.39, 0.29) is 17.4 Å². The third-order valence-corrected chi connectivity index (χ3v) is 4.69. The smallest absolute Gasteiger partial charge is 0.337 e. The summed E-state index contributed by atoms with van der Waals surface area (Å²) in [6, 6.07) is 2.31. The SMILES string of the molecule is O=C(O)c1ccc(Br)c(F)c1N1CC(CS(=O)(=O)F)CC1=O. The second kappa shape index (κ2) is 5.92. The van der Waals surface area contributed by atoms with Gasteiger partial charge in [-0.15, -0.1) is 3.89 Å². The summed E-state index contributed by atoms with van der Waals surface area (Å²) in [7, 11) is -4.78. The average Bonchev–Trinajstić information content (AvgIpc) is 2.70. The summed E-state index contributed by atoms with van der Waals surface area (Å²) in [6.07, 6.45) is -0.297. The van der Waals surface area contributed by atoms with Gasteiger partial charge in [-0.25, -0.2) is 9.18 Å². The molecule has 0 spiro atoms. The van der Waals surface area contributed by atoms with Crippen LogP contribution in [0, 0.1) is 11.7 Å². The van der Waals surface area contributed by atoms with E-state index >= 15 is 0 Å². The second-order valence-corrected chi connectivity index (χ2v) is 7.11. The number of benzene rings is 1. The molecule has 0 saturated carbocycles. The Balaban J connectivity index is 2.42. The van der Waals surface area contributed by atoms with Gasteiger partial charge in [0.15, 0.2) is 5.82 Å². The third-order valence-electron chi connectivity index (χ3n) is 3.21. The van der Waals surface area contributed by atoms with Gasteiger partial charge in [0.05, 0.1) is 21.5 Å². The molecule has 1 aliphatic heterocycles. The fourth-order valence-corrected chi connectivity index (χ4v) is 3.47. The first kappa shape index (κ1) is 16.8. The normalized spacial score (nSPS) is 18.8. The lowest BCUT2D eigenvalue weighted by Gasteiger charge is -2.20. The lowest BCUT2D eigenvalue weighted by atomic mass is 10.1. The molecule has 0 aromatic heterocycles. The Hall–Kier alpha value is -1.55. The molecule has 0 bridgehead atoms. The van der Waals surface area contributed by atoms with Crippen LogP contribution in [0.15, 0.2) is 16.6 Å². The summed E-state index contributed by atoms with van der Waals surface area (Å²) in [5, 5.41) is 9.10. The molecule has 2 rings (SSSR count). The van der Waals surface area contributed by atoms with E-state index in [1.807, 2.05) is 0 Å². The zero-order valence-corrected chi connectivity index (χ0v) is 13.3. The number of carbonyl (C=O) groups excluding carboxylic acids is 1. The molecule has 1 N–H and O–H groups in total.